The van der Waals surface area contributed by atoms with Gasteiger partial charge in [-0.25, -0.2) is 14.2 Å². The number of rotatable bonds is 7. The maximum absolute atomic E-state index is 14.6. The normalized spacial score (nSPS) is 23.4. The third-order valence-electron chi connectivity index (χ3n) is 4.06. The minimum Gasteiger partial charge on any atom is -0.464 e. The molecule has 0 spiro atoms. The van der Waals surface area contributed by atoms with Crippen molar-refractivity contribution in [3.05, 3.63) is 11.6 Å². The number of anilines is 1. The van der Waals surface area contributed by atoms with Gasteiger partial charge in [-0.3, -0.25) is 9.13 Å². The predicted molar refractivity (Wildman–Crippen MR) is 96.6 cm³/mol. The number of hydrogen-bond acceptors (Lipinski definition) is 9. The molecule has 0 amide bonds. The fourth-order valence-electron chi connectivity index (χ4n) is 2.86. The van der Waals surface area contributed by atoms with E-state index in [1.165, 1.54) is 17.8 Å². The highest BCUT2D eigenvalue weighted by Crippen LogP contribution is 2.43. The third-order valence-corrected chi connectivity index (χ3v) is 5.20. The number of hydrogen-bond donors (Lipinski definition) is 3. The van der Waals surface area contributed by atoms with E-state index in [9.17, 15) is 23.5 Å². The molecule has 12 nitrogen and oxygen atoms in total. The Morgan fingerprint density at radius 3 is 2.93 bits per heavy atom. The lowest BCUT2D eigenvalue weighted by atomic mass is 10.2. The lowest BCUT2D eigenvalue weighted by molar-refractivity contribution is -0.154. The van der Waals surface area contributed by atoms with E-state index in [-0.39, 0.29) is 35.3 Å². The van der Waals surface area contributed by atoms with Gasteiger partial charge in [-0.05, 0) is 18.5 Å². The summed E-state index contributed by atoms with van der Waals surface area (Å²) in [6.07, 6.45) is -2.47. The lowest BCUT2D eigenvalue weighted by Crippen LogP contribution is -2.30. The van der Waals surface area contributed by atoms with Crippen LogP contribution in [0.1, 0.15) is 19.6 Å². The molecule has 4 atom stereocenters. The number of ether oxygens (including phenoxy) is 3. The topological polar surface area (TPSA) is 172 Å². The molecule has 29 heavy (non-hydrogen) atoms. The van der Waals surface area contributed by atoms with Gasteiger partial charge in [0.25, 0.3) is 5.85 Å². The van der Waals surface area contributed by atoms with Crippen molar-refractivity contribution in [2.24, 2.45) is 0 Å². The van der Waals surface area contributed by atoms with Crippen LogP contribution in [0.25, 0.3) is 11.2 Å². The molecule has 1 saturated heterocycles. The average molecular weight is 454 g/mol. The average Bonchev–Trinajstić information content (AvgIpc) is 3.17. The highest BCUT2D eigenvalue weighted by atomic mass is 35.5. The van der Waals surface area contributed by atoms with Gasteiger partial charge in [0.1, 0.15) is 11.7 Å². The molecule has 160 valence electrons. The van der Waals surface area contributed by atoms with Gasteiger partial charge in [0.15, 0.2) is 17.7 Å². The lowest BCUT2D eigenvalue weighted by Gasteiger charge is -2.20. The van der Waals surface area contributed by atoms with Crippen LogP contribution in [0.3, 0.4) is 0 Å². The molecular weight excluding hydrogens is 436 g/mol. The standard InChI is InChI=1S/C14H18ClFN5O7P/c1-2-26-12(22)13(29(23,24)25)27-4-6-3-7(16)11(28-6)21-5-18-8-9(17)19-14(15)20-10(8)21/h5-7,11,13H,2-4H2,1H3,(H2,17,19,20)(H2,23,24,25)/t6-,7-,11+,13?/m0/s1. The Kier molecular flexibility index (Phi) is 6.36. The Labute approximate surface area is 168 Å². The second-order valence-electron chi connectivity index (χ2n) is 6.13. The quantitative estimate of drug-likeness (QED) is 0.307. The predicted octanol–water partition coefficient (Wildman–Crippen LogP) is 0.771. The van der Waals surface area contributed by atoms with Crippen LogP contribution >= 0.6 is 19.2 Å². The van der Waals surface area contributed by atoms with Crippen molar-refractivity contribution in [2.75, 3.05) is 18.9 Å². The van der Waals surface area contributed by atoms with Crippen LogP contribution in [0, 0.1) is 0 Å². The number of nitrogen functional groups attached to an aromatic ring is 1. The van der Waals surface area contributed by atoms with Crippen LogP contribution in [-0.4, -0.2) is 66.6 Å². The SMILES string of the molecule is CCOC(=O)C(OC[C@@H]1C[C@H](F)[C@H](n2cnc3c(N)nc(Cl)nc32)O1)P(=O)(O)O. The van der Waals surface area contributed by atoms with Gasteiger partial charge in [0.05, 0.1) is 25.6 Å². The fourth-order valence-corrected chi connectivity index (χ4v) is 3.66. The number of carbonyl (C=O) groups is 1. The largest absolute Gasteiger partial charge is 0.464 e. The molecule has 2 aromatic rings. The Morgan fingerprint density at radius 2 is 2.28 bits per heavy atom. The number of esters is 1. The molecule has 0 aromatic carbocycles. The summed E-state index contributed by atoms with van der Waals surface area (Å²) < 4.78 is 42.6. The van der Waals surface area contributed by atoms with Crippen molar-refractivity contribution in [3.8, 4) is 0 Å². The summed E-state index contributed by atoms with van der Waals surface area (Å²) in [5.74, 6) is -3.32. The second-order valence-corrected chi connectivity index (χ2v) is 8.11. The first-order chi connectivity index (χ1) is 13.6. The summed E-state index contributed by atoms with van der Waals surface area (Å²) in [6, 6.07) is 0. The monoisotopic (exact) mass is 453 g/mol. The van der Waals surface area contributed by atoms with Gasteiger partial charge in [-0.2, -0.15) is 9.97 Å². The number of aromatic nitrogens is 4. The molecule has 3 heterocycles. The summed E-state index contributed by atoms with van der Waals surface area (Å²) in [4.78, 5) is 42.1. The maximum Gasteiger partial charge on any atom is 0.365 e. The van der Waals surface area contributed by atoms with Crippen molar-refractivity contribution >= 4 is 42.1 Å². The van der Waals surface area contributed by atoms with Gasteiger partial charge in [-0.1, -0.05) is 0 Å². The molecule has 0 saturated carbocycles. The maximum atomic E-state index is 14.6. The van der Waals surface area contributed by atoms with E-state index in [1.807, 2.05) is 0 Å². The molecule has 3 rings (SSSR count). The van der Waals surface area contributed by atoms with Crippen LogP contribution in [0.4, 0.5) is 10.2 Å². The van der Waals surface area contributed by atoms with Gasteiger partial charge >= 0.3 is 13.6 Å². The highest BCUT2D eigenvalue weighted by Gasteiger charge is 2.42. The first-order valence-electron chi connectivity index (χ1n) is 8.40. The van der Waals surface area contributed by atoms with E-state index < -0.39 is 44.5 Å². The highest BCUT2D eigenvalue weighted by molar-refractivity contribution is 7.53. The Hall–Kier alpha value is -1.89. The molecule has 1 fully saturated rings. The second kappa shape index (κ2) is 8.46. The number of nitrogens with two attached hydrogens (primary N) is 1. The number of carbonyl (C=O) groups excluding carboxylic acids is 1. The minimum atomic E-state index is -4.95. The fraction of sp³-hybridized carbons (Fsp3) is 0.571. The summed E-state index contributed by atoms with van der Waals surface area (Å²) in [7, 11) is -4.95. The molecule has 1 unspecified atom stereocenters. The van der Waals surface area contributed by atoms with Gasteiger partial charge in [0, 0.05) is 6.42 Å². The van der Waals surface area contributed by atoms with Crippen LogP contribution in [-0.2, 0) is 23.6 Å². The third kappa shape index (κ3) is 4.65. The molecule has 0 radical (unpaired) electrons. The van der Waals surface area contributed by atoms with E-state index in [0.717, 1.165) is 0 Å². The van der Waals surface area contributed by atoms with Crippen molar-refractivity contribution in [1.82, 2.24) is 19.5 Å². The smallest absolute Gasteiger partial charge is 0.365 e. The van der Waals surface area contributed by atoms with E-state index in [0.29, 0.717) is 0 Å². The van der Waals surface area contributed by atoms with Crippen LogP contribution < -0.4 is 5.73 Å². The zero-order chi connectivity index (χ0) is 21.3. The van der Waals surface area contributed by atoms with Crippen LogP contribution in [0.2, 0.25) is 5.28 Å². The van der Waals surface area contributed by atoms with Crippen molar-refractivity contribution in [2.45, 2.75) is 37.7 Å². The summed E-state index contributed by atoms with van der Waals surface area (Å²) >= 11 is 5.79. The minimum absolute atomic E-state index is 0.0194. The van der Waals surface area contributed by atoms with Gasteiger partial charge in [-0.15, -0.1) is 0 Å². The summed E-state index contributed by atoms with van der Waals surface area (Å²) in [5, 5.41) is -0.149. The zero-order valence-electron chi connectivity index (χ0n) is 15.0. The number of nitrogens with zero attached hydrogens (tertiary/aromatic N) is 4. The van der Waals surface area contributed by atoms with Crippen LogP contribution in [0.5, 0.6) is 0 Å². The number of alkyl halides is 1. The van der Waals surface area contributed by atoms with E-state index in [1.54, 1.807) is 0 Å². The van der Waals surface area contributed by atoms with Crippen molar-refractivity contribution in [1.29, 1.82) is 0 Å². The molecule has 4 N–H and O–H groups in total. The Bertz CT molecular complexity index is 956. The summed E-state index contributed by atoms with van der Waals surface area (Å²) in [6.45, 7) is 0.940. The van der Waals surface area contributed by atoms with E-state index in [4.69, 9.17) is 26.8 Å². The molecule has 1 aliphatic heterocycles. The molecule has 2 aromatic heterocycles. The molecular formula is C14H18ClFN5O7P. The van der Waals surface area contributed by atoms with Crippen LogP contribution in [0.15, 0.2) is 6.33 Å². The molecule has 0 aliphatic carbocycles. The molecule has 1 aliphatic rings. The zero-order valence-corrected chi connectivity index (χ0v) is 16.7. The number of fused-ring (bicyclic) bond motifs is 1. The van der Waals surface area contributed by atoms with Crippen molar-refractivity contribution in [3.63, 3.8) is 0 Å². The summed E-state index contributed by atoms with van der Waals surface area (Å²) in [5.41, 5.74) is 6.10. The molecule has 0 bridgehead atoms. The number of halogens is 2. The van der Waals surface area contributed by atoms with Crippen molar-refractivity contribution < 1.29 is 37.7 Å². The first kappa shape index (κ1) is 21.8. The van der Waals surface area contributed by atoms with Gasteiger partial charge in [0.2, 0.25) is 5.28 Å². The van der Waals surface area contributed by atoms with E-state index in [2.05, 4.69) is 19.7 Å². The number of imidazole rings is 1. The molecule has 15 heteroatoms. The van der Waals surface area contributed by atoms with Gasteiger partial charge < -0.3 is 29.7 Å². The van der Waals surface area contributed by atoms with E-state index >= 15 is 0 Å². The Balaban J connectivity index is 1.73. The Morgan fingerprint density at radius 1 is 1.55 bits per heavy atom. The first-order valence-corrected chi connectivity index (χ1v) is 10.5.